The molecule has 0 unspecified atom stereocenters. The van der Waals surface area contributed by atoms with Gasteiger partial charge in [0.15, 0.2) is 0 Å². The average molecular weight is 321 g/mol. The van der Waals surface area contributed by atoms with E-state index in [4.69, 9.17) is 10.8 Å². The molecule has 0 radical (unpaired) electrons. The van der Waals surface area contributed by atoms with E-state index in [1.54, 1.807) is 0 Å². The third-order valence-electron chi connectivity index (χ3n) is 3.83. The first kappa shape index (κ1) is 14.5. The third-order valence-corrected chi connectivity index (χ3v) is 4.92. The second kappa shape index (κ2) is 5.09. The van der Waals surface area contributed by atoms with Crippen LogP contribution in [0.4, 0.5) is 10.5 Å². The Morgan fingerprint density at radius 3 is 2.68 bits per heavy atom. The van der Waals surface area contributed by atoms with Gasteiger partial charge in [-0.1, -0.05) is 0 Å². The van der Waals surface area contributed by atoms with Gasteiger partial charge >= 0.3 is 6.09 Å². The number of fused-ring (bicyclic) bond motifs is 1. The Kier molecular flexibility index (Phi) is 3.36. The molecule has 0 saturated carbocycles. The van der Waals surface area contributed by atoms with Crippen LogP contribution in [0.3, 0.4) is 0 Å². The van der Waals surface area contributed by atoms with Crippen molar-refractivity contribution in [1.82, 2.24) is 20.4 Å². The van der Waals surface area contributed by atoms with Crippen LogP contribution >= 0.6 is 11.3 Å². The Morgan fingerprint density at radius 2 is 2.05 bits per heavy atom. The fraction of sp³-hybridized carbons (Fsp3) is 0.385. The van der Waals surface area contributed by atoms with Gasteiger partial charge in [0.2, 0.25) is 0 Å². The average Bonchev–Trinajstić information content (AvgIpc) is 2.75. The van der Waals surface area contributed by atoms with Crippen molar-refractivity contribution < 1.29 is 14.7 Å². The van der Waals surface area contributed by atoms with E-state index in [9.17, 15) is 9.59 Å². The maximum atomic E-state index is 12.3. The number of rotatable bonds is 2. The zero-order valence-corrected chi connectivity index (χ0v) is 12.9. The highest BCUT2D eigenvalue weighted by Crippen LogP contribution is 2.34. The summed E-state index contributed by atoms with van der Waals surface area (Å²) in [4.78, 5) is 25.3. The van der Waals surface area contributed by atoms with Crippen LogP contribution in [0.1, 0.15) is 20.9 Å². The number of carbonyl (C=O) groups is 2. The van der Waals surface area contributed by atoms with E-state index < -0.39 is 6.09 Å². The van der Waals surface area contributed by atoms with E-state index >= 15 is 0 Å². The van der Waals surface area contributed by atoms with Crippen molar-refractivity contribution in [3.63, 3.8) is 0 Å². The monoisotopic (exact) mass is 321 g/mol. The first-order chi connectivity index (χ1) is 10.4. The number of aromatic nitrogens is 2. The predicted octanol–water partition coefficient (Wildman–Crippen LogP) is 0.982. The van der Waals surface area contributed by atoms with E-state index in [1.807, 2.05) is 13.8 Å². The maximum absolute atomic E-state index is 12.3. The Balaban J connectivity index is 1.82. The van der Waals surface area contributed by atoms with Crippen LogP contribution in [-0.4, -0.2) is 51.3 Å². The Bertz CT molecular complexity index is 782. The van der Waals surface area contributed by atoms with Gasteiger partial charge in [0.1, 0.15) is 9.71 Å². The fourth-order valence-electron chi connectivity index (χ4n) is 2.39. The van der Waals surface area contributed by atoms with Crippen LogP contribution in [0.5, 0.6) is 0 Å². The smallest absolute Gasteiger partial charge is 0.407 e. The largest absolute Gasteiger partial charge is 0.465 e. The van der Waals surface area contributed by atoms with Crippen LogP contribution in [0.15, 0.2) is 0 Å². The minimum atomic E-state index is -0.978. The standard InChI is InChI=1S/C13H15N5O3S/c1-5-6(2)16-17-12-8(5)9(14)10(22-12)11(19)15-7-3-18(4-7)13(20)21/h7H,3-4,14H2,1-2H3,(H,15,19)(H,20,21). The van der Waals surface area contributed by atoms with Gasteiger partial charge in [-0.25, -0.2) is 4.79 Å². The summed E-state index contributed by atoms with van der Waals surface area (Å²) in [5, 5.41) is 20.5. The minimum absolute atomic E-state index is 0.179. The number of likely N-dealkylation sites (tertiary alicyclic amines) is 1. The maximum Gasteiger partial charge on any atom is 0.407 e. The van der Waals surface area contributed by atoms with Gasteiger partial charge < -0.3 is 21.1 Å². The second-order valence-corrected chi connectivity index (χ2v) is 6.29. The van der Waals surface area contributed by atoms with Crippen molar-refractivity contribution >= 4 is 39.2 Å². The minimum Gasteiger partial charge on any atom is -0.465 e. The first-order valence-corrected chi connectivity index (χ1v) is 7.50. The summed E-state index contributed by atoms with van der Waals surface area (Å²) in [6.45, 7) is 4.33. The van der Waals surface area contributed by atoms with Crippen molar-refractivity contribution in [2.24, 2.45) is 0 Å². The summed E-state index contributed by atoms with van der Waals surface area (Å²) in [6.07, 6.45) is -0.978. The normalized spacial score (nSPS) is 14.9. The summed E-state index contributed by atoms with van der Waals surface area (Å²) in [7, 11) is 0. The number of carboxylic acid groups (broad SMARTS) is 1. The Hall–Kier alpha value is -2.42. The van der Waals surface area contributed by atoms with Crippen molar-refractivity contribution in [3.05, 3.63) is 16.1 Å². The van der Waals surface area contributed by atoms with Gasteiger partial charge in [-0.2, -0.15) is 5.10 Å². The number of nitrogens with two attached hydrogens (primary N) is 1. The van der Waals surface area contributed by atoms with E-state index in [0.717, 1.165) is 16.6 Å². The molecule has 2 aromatic heterocycles. The van der Waals surface area contributed by atoms with Crippen molar-refractivity contribution in [1.29, 1.82) is 0 Å². The number of nitrogens with one attached hydrogen (secondary N) is 1. The topological polar surface area (TPSA) is 121 Å². The van der Waals surface area contributed by atoms with Gasteiger partial charge in [-0.05, 0) is 19.4 Å². The zero-order valence-electron chi connectivity index (χ0n) is 12.1. The van der Waals surface area contributed by atoms with E-state index in [-0.39, 0.29) is 11.9 Å². The lowest BCUT2D eigenvalue weighted by Gasteiger charge is -2.37. The highest BCUT2D eigenvalue weighted by Gasteiger charge is 2.32. The van der Waals surface area contributed by atoms with Gasteiger partial charge in [-0.15, -0.1) is 16.4 Å². The van der Waals surface area contributed by atoms with Gasteiger partial charge in [0, 0.05) is 18.5 Å². The van der Waals surface area contributed by atoms with Gasteiger partial charge in [-0.3, -0.25) is 4.79 Å². The number of hydrogen-bond acceptors (Lipinski definition) is 6. The van der Waals surface area contributed by atoms with E-state index in [0.29, 0.717) is 28.5 Å². The number of aryl methyl sites for hydroxylation is 2. The van der Waals surface area contributed by atoms with Crippen LogP contribution in [0.2, 0.25) is 0 Å². The molecule has 0 spiro atoms. The Morgan fingerprint density at radius 1 is 1.36 bits per heavy atom. The summed E-state index contributed by atoms with van der Waals surface area (Å²) in [6, 6.07) is -0.179. The molecule has 1 aliphatic heterocycles. The molecule has 4 N–H and O–H groups in total. The number of thiophene rings is 1. The van der Waals surface area contributed by atoms with E-state index in [2.05, 4.69) is 15.5 Å². The lowest BCUT2D eigenvalue weighted by Crippen LogP contribution is -2.60. The molecular weight excluding hydrogens is 306 g/mol. The lowest BCUT2D eigenvalue weighted by atomic mass is 10.1. The number of anilines is 1. The molecular formula is C13H15N5O3S. The third kappa shape index (κ3) is 2.23. The number of amides is 2. The summed E-state index contributed by atoms with van der Waals surface area (Å²) in [5.41, 5.74) is 8.20. The lowest BCUT2D eigenvalue weighted by molar-refractivity contribution is 0.0771. The second-order valence-electron chi connectivity index (χ2n) is 5.29. The Labute approximate surface area is 129 Å². The van der Waals surface area contributed by atoms with Crippen LogP contribution in [0, 0.1) is 13.8 Å². The molecule has 22 heavy (non-hydrogen) atoms. The molecule has 1 aliphatic rings. The van der Waals surface area contributed by atoms with Crippen LogP contribution < -0.4 is 11.1 Å². The molecule has 1 saturated heterocycles. The van der Waals surface area contributed by atoms with Crippen molar-refractivity contribution in [2.75, 3.05) is 18.8 Å². The number of hydrogen-bond donors (Lipinski definition) is 3. The van der Waals surface area contributed by atoms with Crippen LogP contribution in [0.25, 0.3) is 10.2 Å². The molecule has 2 amide bonds. The van der Waals surface area contributed by atoms with Crippen molar-refractivity contribution in [3.8, 4) is 0 Å². The molecule has 1 fully saturated rings. The number of carbonyl (C=O) groups excluding carboxylic acids is 1. The van der Waals surface area contributed by atoms with Crippen molar-refractivity contribution in [2.45, 2.75) is 19.9 Å². The SMILES string of the molecule is Cc1nnc2sc(C(=O)NC3CN(C(=O)O)C3)c(N)c2c1C. The molecule has 3 rings (SSSR count). The van der Waals surface area contributed by atoms with Gasteiger partial charge in [0.05, 0.1) is 17.4 Å². The summed E-state index contributed by atoms with van der Waals surface area (Å²) < 4.78 is 0. The van der Waals surface area contributed by atoms with Gasteiger partial charge in [0.25, 0.3) is 5.91 Å². The predicted molar refractivity (Wildman–Crippen MR) is 82.2 cm³/mol. The molecule has 0 aromatic carbocycles. The highest BCUT2D eigenvalue weighted by molar-refractivity contribution is 7.21. The van der Waals surface area contributed by atoms with E-state index in [1.165, 1.54) is 16.2 Å². The summed E-state index contributed by atoms with van der Waals surface area (Å²) >= 11 is 1.20. The molecule has 0 aliphatic carbocycles. The van der Waals surface area contributed by atoms with Crippen LogP contribution in [-0.2, 0) is 0 Å². The summed E-state index contributed by atoms with van der Waals surface area (Å²) in [5.74, 6) is -0.299. The highest BCUT2D eigenvalue weighted by atomic mass is 32.1. The quantitative estimate of drug-likeness (QED) is 0.758. The molecule has 0 bridgehead atoms. The molecule has 0 atom stereocenters. The molecule has 2 aromatic rings. The molecule has 116 valence electrons. The number of nitrogen functional groups attached to an aromatic ring is 1. The molecule has 3 heterocycles. The zero-order chi connectivity index (χ0) is 16.0. The number of nitrogens with zero attached hydrogens (tertiary/aromatic N) is 3. The molecule has 9 heteroatoms. The fourth-order valence-corrected chi connectivity index (χ4v) is 3.39. The molecule has 8 nitrogen and oxygen atoms in total. The first-order valence-electron chi connectivity index (χ1n) is 6.69.